The smallest absolute Gasteiger partial charge is 0.252 e. The Labute approximate surface area is 204 Å². The number of H-pyrrole nitrogens is 1. The number of carbonyl (C=O) groups excluding carboxylic acids is 1. The molecule has 0 spiro atoms. The second kappa shape index (κ2) is 10.4. The molecule has 1 aliphatic rings. The van der Waals surface area contributed by atoms with Gasteiger partial charge in [0.05, 0.1) is 18.2 Å². The van der Waals surface area contributed by atoms with E-state index >= 15 is 0 Å². The highest BCUT2D eigenvalue weighted by molar-refractivity contribution is 6.08. The van der Waals surface area contributed by atoms with Crippen LogP contribution in [0.1, 0.15) is 37.3 Å². The number of amides is 1. The molecule has 1 aromatic heterocycles. The molecule has 1 N–H and O–H groups in total. The summed E-state index contributed by atoms with van der Waals surface area (Å²) in [5.74, 6) is 0.450. The number of hydrogen-bond acceptors (Lipinski definition) is 5. The van der Waals surface area contributed by atoms with Crippen molar-refractivity contribution in [1.29, 1.82) is 0 Å². The average Bonchev–Trinajstić information content (AvgIpc) is 3.54. The highest BCUT2D eigenvalue weighted by Crippen LogP contribution is 2.31. The minimum atomic E-state index is -0.206. The van der Waals surface area contributed by atoms with E-state index < -0.39 is 0 Å². The third kappa shape index (κ3) is 5.04. The molecular weight excluding hydrogens is 436 g/mol. The second-order valence-electron chi connectivity index (χ2n) is 8.81. The van der Waals surface area contributed by atoms with Gasteiger partial charge in [-0.15, -0.1) is 10.2 Å². The highest BCUT2D eigenvalue weighted by atomic mass is 16.2. The fourth-order valence-electron chi connectivity index (χ4n) is 4.52. The van der Waals surface area contributed by atoms with Gasteiger partial charge in [0, 0.05) is 5.56 Å². The first-order chi connectivity index (χ1) is 17.2. The van der Waals surface area contributed by atoms with Gasteiger partial charge in [0.15, 0.2) is 0 Å². The highest BCUT2D eigenvalue weighted by Gasteiger charge is 2.35. The van der Waals surface area contributed by atoms with Crippen LogP contribution in [0.15, 0.2) is 84.0 Å². The van der Waals surface area contributed by atoms with Crippen LogP contribution in [-0.4, -0.2) is 37.3 Å². The maximum Gasteiger partial charge on any atom is 0.252 e. The number of unbranched alkanes of at least 4 members (excludes halogenated alkanes) is 1. The van der Waals surface area contributed by atoms with Crippen molar-refractivity contribution in [3.63, 3.8) is 0 Å². The zero-order valence-corrected chi connectivity index (χ0v) is 19.8. The Balaban J connectivity index is 1.35. The Morgan fingerprint density at radius 2 is 1.63 bits per heavy atom. The number of hydrogen-bond donors (Lipinski definition) is 1. The van der Waals surface area contributed by atoms with Crippen molar-refractivity contribution in [1.82, 2.24) is 25.6 Å². The van der Waals surface area contributed by atoms with Crippen molar-refractivity contribution in [2.45, 2.75) is 39.2 Å². The molecule has 1 aliphatic heterocycles. The van der Waals surface area contributed by atoms with Crippen LogP contribution in [0.5, 0.6) is 0 Å². The lowest BCUT2D eigenvalue weighted by atomic mass is 9.90. The molecule has 7 heteroatoms. The first-order valence-corrected chi connectivity index (χ1v) is 12.1. The van der Waals surface area contributed by atoms with Gasteiger partial charge in [0.1, 0.15) is 0 Å². The number of rotatable bonds is 9. The zero-order valence-electron chi connectivity index (χ0n) is 19.8. The minimum Gasteiger partial charge on any atom is -0.272 e. The van der Waals surface area contributed by atoms with Crippen LogP contribution < -0.4 is 0 Å². The number of carbonyl (C=O) groups is 1. The molecule has 1 unspecified atom stereocenters. The van der Waals surface area contributed by atoms with E-state index in [4.69, 9.17) is 5.10 Å². The summed E-state index contributed by atoms with van der Waals surface area (Å²) in [6.45, 7) is 2.68. The molecule has 4 aromatic rings. The maximum absolute atomic E-state index is 13.3. The number of tetrazole rings is 1. The van der Waals surface area contributed by atoms with Gasteiger partial charge in [-0.2, -0.15) is 10.3 Å². The van der Waals surface area contributed by atoms with Gasteiger partial charge in [0.2, 0.25) is 5.82 Å². The predicted octanol–water partition coefficient (Wildman–Crippen LogP) is 5.28. The van der Waals surface area contributed by atoms with Gasteiger partial charge in [-0.1, -0.05) is 92.2 Å². The Morgan fingerprint density at radius 1 is 0.886 bits per heavy atom. The molecular formula is C28H28N6O. The standard InChI is InChI=1S/C28H28N6O/c1-2-3-13-26-25(28(35)34(31-26)19-21-9-5-4-6-10-21)18-20-14-16-22(17-15-20)23-11-7-8-12-24(23)27-29-32-33-30-27/h4-12,14-17,25H,2-3,13,18-19H2,1H3,(H,29,30,32,33). The summed E-state index contributed by atoms with van der Waals surface area (Å²) < 4.78 is 0. The van der Waals surface area contributed by atoms with Crippen molar-refractivity contribution in [2.75, 3.05) is 0 Å². The van der Waals surface area contributed by atoms with Crippen molar-refractivity contribution < 1.29 is 4.79 Å². The molecule has 3 aromatic carbocycles. The summed E-state index contributed by atoms with van der Waals surface area (Å²) in [4.78, 5) is 13.3. The van der Waals surface area contributed by atoms with E-state index in [1.807, 2.05) is 48.5 Å². The van der Waals surface area contributed by atoms with E-state index in [-0.39, 0.29) is 11.8 Å². The second-order valence-corrected chi connectivity index (χ2v) is 8.81. The Bertz CT molecular complexity index is 1300. The largest absolute Gasteiger partial charge is 0.272 e. The van der Waals surface area contributed by atoms with Crippen LogP contribution in [0.3, 0.4) is 0 Å². The molecule has 0 fully saturated rings. The Morgan fingerprint density at radius 3 is 2.34 bits per heavy atom. The Hall–Kier alpha value is -4.13. The molecule has 0 radical (unpaired) electrons. The van der Waals surface area contributed by atoms with Crippen molar-refractivity contribution in [3.05, 3.63) is 90.0 Å². The van der Waals surface area contributed by atoms with Crippen LogP contribution in [0.25, 0.3) is 22.5 Å². The lowest BCUT2D eigenvalue weighted by Gasteiger charge is -2.15. The molecule has 2 heterocycles. The van der Waals surface area contributed by atoms with E-state index in [0.717, 1.165) is 52.8 Å². The summed E-state index contributed by atoms with van der Waals surface area (Å²) >= 11 is 0. The van der Waals surface area contributed by atoms with Crippen LogP contribution in [-0.2, 0) is 17.8 Å². The fraction of sp³-hybridized carbons (Fsp3) is 0.250. The number of nitrogens with zero attached hydrogens (tertiary/aromatic N) is 5. The molecule has 0 bridgehead atoms. The molecule has 1 atom stereocenters. The van der Waals surface area contributed by atoms with E-state index in [1.54, 1.807) is 5.01 Å². The van der Waals surface area contributed by atoms with E-state index in [9.17, 15) is 4.79 Å². The van der Waals surface area contributed by atoms with Crippen molar-refractivity contribution in [2.24, 2.45) is 11.0 Å². The molecule has 0 saturated carbocycles. The van der Waals surface area contributed by atoms with E-state index in [2.05, 4.69) is 57.9 Å². The monoisotopic (exact) mass is 464 g/mol. The summed E-state index contributed by atoms with van der Waals surface area (Å²) in [5, 5.41) is 20.9. The molecule has 35 heavy (non-hydrogen) atoms. The summed E-state index contributed by atoms with van der Waals surface area (Å²) in [6, 6.07) is 26.5. The number of benzene rings is 3. The molecule has 176 valence electrons. The van der Waals surface area contributed by atoms with Crippen LogP contribution in [0.2, 0.25) is 0 Å². The van der Waals surface area contributed by atoms with Gasteiger partial charge in [-0.3, -0.25) is 4.79 Å². The molecule has 0 aliphatic carbocycles. The third-order valence-corrected chi connectivity index (χ3v) is 6.38. The van der Waals surface area contributed by atoms with Crippen LogP contribution >= 0.6 is 0 Å². The first kappa shape index (κ1) is 22.7. The van der Waals surface area contributed by atoms with Crippen LogP contribution in [0.4, 0.5) is 0 Å². The minimum absolute atomic E-state index is 0.0893. The normalized spacial score (nSPS) is 15.5. The van der Waals surface area contributed by atoms with Gasteiger partial charge in [0.25, 0.3) is 5.91 Å². The van der Waals surface area contributed by atoms with Gasteiger partial charge < -0.3 is 0 Å². The van der Waals surface area contributed by atoms with E-state index in [1.165, 1.54) is 0 Å². The van der Waals surface area contributed by atoms with Crippen molar-refractivity contribution >= 4 is 11.6 Å². The maximum atomic E-state index is 13.3. The molecule has 5 rings (SSSR count). The quantitative estimate of drug-likeness (QED) is 0.365. The first-order valence-electron chi connectivity index (χ1n) is 12.1. The predicted molar refractivity (Wildman–Crippen MR) is 136 cm³/mol. The molecule has 7 nitrogen and oxygen atoms in total. The topological polar surface area (TPSA) is 87.1 Å². The SMILES string of the molecule is CCCCC1=NN(Cc2ccccc2)C(=O)C1Cc1ccc(-c2ccccc2-c2nn[nH]n2)cc1. The molecule has 1 amide bonds. The number of aromatic amines is 1. The zero-order chi connectivity index (χ0) is 24.0. The summed E-state index contributed by atoms with van der Waals surface area (Å²) in [6.07, 6.45) is 3.62. The number of aromatic nitrogens is 4. The number of hydrazone groups is 1. The fourth-order valence-corrected chi connectivity index (χ4v) is 4.52. The van der Waals surface area contributed by atoms with Crippen molar-refractivity contribution in [3.8, 4) is 22.5 Å². The Kier molecular flexibility index (Phi) is 6.75. The third-order valence-electron chi connectivity index (χ3n) is 6.38. The lowest BCUT2D eigenvalue weighted by molar-refractivity contribution is -0.132. The summed E-state index contributed by atoms with van der Waals surface area (Å²) in [5.41, 5.74) is 6.23. The molecule has 0 saturated heterocycles. The van der Waals surface area contributed by atoms with Crippen LogP contribution in [0, 0.1) is 5.92 Å². The number of nitrogens with one attached hydrogen (secondary N) is 1. The average molecular weight is 465 g/mol. The van der Waals surface area contributed by atoms with Gasteiger partial charge >= 0.3 is 0 Å². The summed E-state index contributed by atoms with van der Waals surface area (Å²) in [7, 11) is 0. The lowest BCUT2D eigenvalue weighted by Crippen LogP contribution is -2.28. The van der Waals surface area contributed by atoms with Gasteiger partial charge in [-0.05, 0) is 46.7 Å². The van der Waals surface area contributed by atoms with E-state index in [0.29, 0.717) is 18.8 Å². The van der Waals surface area contributed by atoms with Gasteiger partial charge in [-0.25, -0.2) is 5.01 Å².